The number of amides is 1. The Balaban J connectivity index is 1.67. The van der Waals surface area contributed by atoms with Crippen LogP contribution in [0.5, 0.6) is 0 Å². The zero-order valence-electron chi connectivity index (χ0n) is 12.6. The van der Waals surface area contributed by atoms with Crippen molar-refractivity contribution < 1.29 is 9.18 Å². The molecule has 3 rings (SSSR count). The van der Waals surface area contributed by atoms with Gasteiger partial charge in [-0.2, -0.15) is 5.53 Å². The number of hydrogen-bond donors (Lipinski definition) is 5. The quantitative estimate of drug-likeness (QED) is 0.591. The molecule has 2 unspecified atom stereocenters. The number of nitrogens with one attached hydrogen (secondary N) is 5. The normalized spacial score (nSPS) is 20.3. The molecule has 6 nitrogen and oxygen atoms in total. The first-order valence-corrected chi connectivity index (χ1v) is 7.27. The lowest BCUT2D eigenvalue weighted by atomic mass is 10.2. The molecule has 2 aromatic rings. The summed E-state index contributed by atoms with van der Waals surface area (Å²) in [6.07, 6.45) is -0.429. The van der Waals surface area contributed by atoms with E-state index in [9.17, 15) is 9.18 Å². The van der Waals surface area contributed by atoms with Crippen LogP contribution in [0.2, 0.25) is 0 Å². The molecule has 120 valence electrons. The van der Waals surface area contributed by atoms with Crippen molar-refractivity contribution in [2.45, 2.75) is 19.1 Å². The molecular formula is C16H18FN5O. The Bertz CT molecular complexity index is 708. The van der Waals surface area contributed by atoms with Crippen molar-refractivity contribution in [1.29, 1.82) is 0 Å². The fraction of sp³-hybridized carbons (Fsp3) is 0.188. The van der Waals surface area contributed by atoms with Gasteiger partial charge in [-0.1, -0.05) is 18.2 Å². The molecule has 0 radical (unpaired) electrons. The molecule has 2 aromatic carbocycles. The Morgan fingerprint density at radius 2 is 1.87 bits per heavy atom. The Morgan fingerprint density at radius 1 is 1.09 bits per heavy atom. The number of halogens is 1. The predicted molar refractivity (Wildman–Crippen MR) is 86.8 cm³/mol. The van der Waals surface area contributed by atoms with E-state index in [0.29, 0.717) is 5.69 Å². The van der Waals surface area contributed by atoms with Crippen molar-refractivity contribution in [3.05, 3.63) is 59.9 Å². The van der Waals surface area contributed by atoms with Crippen LogP contribution in [-0.2, 0) is 4.79 Å². The van der Waals surface area contributed by atoms with Crippen LogP contribution >= 0.6 is 0 Å². The number of benzene rings is 2. The summed E-state index contributed by atoms with van der Waals surface area (Å²) in [6, 6.07) is 13.1. The second-order valence-corrected chi connectivity index (χ2v) is 5.38. The Kier molecular flexibility index (Phi) is 4.52. The van der Waals surface area contributed by atoms with Crippen molar-refractivity contribution >= 4 is 17.3 Å². The van der Waals surface area contributed by atoms with Gasteiger partial charge in [-0.3, -0.25) is 4.79 Å². The summed E-state index contributed by atoms with van der Waals surface area (Å²) in [4.78, 5) is 12.4. The molecule has 0 bridgehead atoms. The van der Waals surface area contributed by atoms with Crippen LogP contribution in [0.15, 0.2) is 48.5 Å². The molecule has 0 saturated carbocycles. The molecule has 0 aromatic heterocycles. The third-order valence-electron chi connectivity index (χ3n) is 3.50. The van der Waals surface area contributed by atoms with Crippen LogP contribution < -0.4 is 27.0 Å². The van der Waals surface area contributed by atoms with Gasteiger partial charge in [0, 0.05) is 11.4 Å². The topological polar surface area (TPSA) is 77.2 Å². The molecule has 1 aliphatic heterocycles. The largest absolute Gasteiger partial charge is 0.367 e. The molecule has 5 N–H and O–H groups in total. The molecule has 1 saturated heterocycles. The average Bonchev–Trinajstić information content (AvgIpc) is 2.95. The van der Waals surface area contributed by atoms with E-state index < -0.39 is 12.2 Å². The summed E-state index contributed by atoms with van der Waals surface area (Å²) < 4.78 is 13.3. The zero-order chi connectivity index (χ0) is 16.2. The Labute approximate surface area is 133 Å². The SMILES string of the molecule is Cc1cccc(NC(=O)C2NNNC2Nc2cccc(F)c2)c1. The van der Waals surface area contributed by atoms with Crippen LogP contribution in [-0.4, -0.2) is 18.1 Å². The summed E-state index contributed by atoms with van der Waals surface area (Å²) in [5.41, 5.74) is 10.8. The predicted octanol–water partition coefficient (Wildman–Crippen LogP) is 1.49. The first kappa shape index (κ1) is 15.4. The van der Waals surface area contributed by atoms with Crippen LogP contribution in [0.25, 0.3) is 0 Å². The molecule has 1 heterocycles. The summed E-state index contributed by atoms with van der Waals surface area (Å²) >= 11 is 0. The van der Waals surface area contributed by atoms with E-state index in [-0.39, 0.29) is 11.7 Å². The van der Waals surface area contributed by atoms with Crippen molar-refractivity contribution in [2.75, 3.05) is 10.6 Å². The molecule has 1 aliphatic rings. The Morgan fingerprint density at radius 3 is 2.65 bits per heavy atom. The number of hydrazine groups is 2. The van der Waals surface area contributed by atoms with E-state index in [1.54, 1.807) is 12.1 Å². The van der Waals surface area contributed by atoms with Crippen LogP contribution in [0.4, 0.5) is 15.8 Å². The Hall–Kier alpha value is -2.48. The molecule has 0 spiro atoms. The summed E-state index contributed by atoms with van der Waals surface area (Å²) in [6.45, 7) is 1.96. The first-order chi connectivity index (χ1) is 11.1. The molecular weight excluding hydrogens is 297 g/mol. The van der Waals surface area contributed by atoms with E-state index >= 15 is 0 Å². The highest BCUT2D eigenvalue weighted by molar-refractivity contribution is 5.95. The minimum atomic E-state index is -0.571. The second kappa shape index (κ2) is 6.74. The van der Waals surface area contributed by atoms with Crippen LogP contribution in [0, 0.1) is 12.7 Å². The van der Waals surface area contributed by atoms with Crippen molar-refractivity contribution in [1.82, 2.24) is 16.4 Å². The third-order valence-corrected chi connectivity index (χ3v) is 3.50. The molecule has 0 aliphatic carbocycles. The summed E-state index contributed by atoms with van der Waals surface area (Å²) in [5, 5.41) is 5.93. The van der Waals surface area contributed by atoms with Gasteiger partial charge in [0.2, 0.25) is 5.91 Å². The molecule has 1 fully saturated rings. The van der Waals surface area contributed by atoms with Gasteiger partial charge < -0.3 is 10.6 Å². The van der Waals surface area contributed by atoms with Gasteiger partial charge in [0.1, 0.15) is 18.0 Å². The van der Waals surface area contributed by atoms with Gasteiger partial charge in [0.05, 0.1) is 0 Å². The van der Waals surface area contributed by atoms with Gasteiger partial charge in [-0.05, 0) is 42.8 Å². The highest BCUT2D eigenvalue weighted by Gasteiger charge is 2.32. The van der Waals surface area contributed by atoms with E-state index in [1.807, 2.05) is 31.2 Å². The third kappa shape index (κ3) is 3.84. The van der Waals surface area contributed by atoms with E-state index in [2.05, 4.69) is 27.0 Å². The summed E-state index contributed by atoms with van der Waals surface area (Å²) in [7, 11) is 0. The smallest absolute Gasteiger partial charge is 0.246 e. The number of carbonyl (C=O) groups excluding carboxylic acids is 1. The van der Waals surface area contributed by atoms with Gasteiger partial charge in [-0.15, -0.1) is 0 Å². The summed E-state index contributed by atoms with van der Waals surface area (Å²) in [5.74, 6) is -0.545. The molecule has 7 heteroatoms. The maximum Gasteiger partial charge on any atom is 0.246 e. The number of anilines is 2. The fourth-order valence-electron chi connectivity index (χ4n) is 2.40. The lowest BCUT2D eigenvalue weighted by Crippen LogP contribution is -2.47. The van der Waals surface area contributed by atoms with Crippen LogP contribution in [0.1, 0.15) is 5.56 Å². The standard InChI is InChI=1S/C16H18FN5O/c1-10-4-2-6-12(8-10)19-16(23)14-15(21-22-20-14)18-13-7-3-5-11(17)9-13/h2-9,14-15,18,20-22H,1H3,(H,19,23). The van der Waals surface area contributed by atoms with Crippen LogP contribution in [0.3, 0.4) is 0 Å². The van der Waals surface area contributed by atoms with Gasteiger partial charge in [0.15, 0.2) is 0 Å². The van der Waals surface area contributed by atoms with E-state index in [4.69, 9.17) is 0 Å². The zero-order valence-corrected chi connectivity index (χ0v) is 12.6. The fourth-order valence-corrected chi connectivity index (χ4v) is 2.40. The lowest BCUT2D eigenvalue weighted by Gasteiger charge is -2.20. The van der Waals surface area contributed by atoms with Crippen molar-refractivity contribution in [3.63, 3.8) is 0 Å². The minimum absolute atomic E-state index is 0.206. The van der Waals surface area contributed by atoms with E-state index in [0.717, 1.165) is 11.3 Å². The monoisotopic (exact) mass is 315 g/mol. The number of rotatable bonds is 4. The van der Waals surface area contributed by atoms with Crippen molar-refractivity contribution in [3.8, 4) is 0 Å². The molecule has 2 atom stereocenters. The first-order valence-electron chi connectivity index (χ1n) is 7.27. The minimum Gasteiger partial charge on any atom is -0.367 e. The van der Waals surface area contributed by atoms with E-state index in [1.165, 1.54) is 12.1 Å². The number of aryl methyl sites for hydroxylation is 1. The highest BCUT2D eigenvalue weighted by atomic mass is 19.1. The van der Waals surface area contributed by atoms with Gasteiger partial charge >= 0.3 is 0 Å². The van der Waals surface area contributed by atoms with Crippen molar-refractivity contribution in [2.24, 2.45) is 0 Å². The number of carbonyl (C=O) groups is 1. The lowest BCUT2D eigenvalue weighted by molar-refractivity contribution is -0.118. The maximum atomic E-state index is 13.3. The maximum absolute atomic E-state index is 13.3. The highest BCUT2D eigenvalue weighted by Crippen LogP contribution is 2.14. The van der Waals surface area contributed by atoms with Gasteiger partial charge in [0.25, 0.3) is 0 Å². The average molecular weight is 315 g/mol. The van der Waals surface area contributed by atoms with Gasteiger partial charge in [-0.25, -0.2) is 15.2 Å². The second-order valence-electron chi connectivity index (χ2n) is 5.38. The number of hydrogen-bond acceptors (Lipinski definition) is 5. The molecule has 1 amide bonds. The molecule has 23 heavy (non-hydrogen) atoms.